The summed E-state index contributed by atoms with van der Waals surface area (Å²) < 4.78 is 15.8. The summed E-state index contributed by atoms with van der Waals surface area (Å²) in [6, 6.07) is 16.5. The number of aliphatic hydroxyl groups is 1. The van der Waals surface area contributed by atoms with E-state index in [0.717, 1.165) is 0 Å². The average molecular weight is 383 g/mol. The Morgan fingerprint density at radius 1 is 1.04 bits per heavy atom. The molecule has 9 nitrogen and oxygen atoms in total. The molecule has 1 aliphatic rings. The molecule has 0 radical (unpaired) electrons. The van der Waals surface area contributed by atoms with Crippen molar-refractivity contribution in [2.24, 2.45) is 5.11 Å². The number of azide groups is 1. The van der Waals surface area contributed by atoms with Gasteiger partial charge in [0.25, 0.3) is 0 Å². The lowest BCUT2D eigenvalue weighted by molar-refractivity contribution is -0.0320. The first-order valence-corrected chi connectivity index (χ1v) is 8.46. The van der Waals surface area contributed by atoms with Gasteiger partial charge in [0.1, 0.15) is 18.8 Å². The molecular weight excluding hydrogens is 366 g/mol. The second kappa shape index (κ2) is 9.01. The van der Waals surface area contributed by atoms with Gasteiger partial charge in [-0.1, -0.05) is 41.5 Å². The summed E-state index contributed by atoms with van der Waals surface area (Å²) >= 11 is 0. The number of hydrogen-bond donors (Lipinski definition) is 1. The van der Waals surface area contributed by atoms with Crippen LogP contribution in [0.15, 0.2) is 65.8 Å². The monoisotopic (exact) mass is 383 g/mol. The van der Waals surface area contributed by atoms with Gasteiger partial charge >= 0.3 is 11.9 Å². The quantitative estimate of drug-likeness (QED) is 0.353. The van der Waals surface area contributed by atoms with Crippen molar-refractivity contribution in [3.8, 4) is 0 Å². The normalized spacial score (nSPS) is 23.5. The Morgan fingerprint density at radius 3 is 2.18 bits per heavy atom. The highest BCUT2D eigenvalue weighted by Gasteiger charge is 2.46. The third-order valence-corrected chi connectivity index (χ3v) is 4.12. The standard InChI is InChI=1S/C19H17N3O6/c20-22-21-17-16(28-19(25)13-9-5-2-6-10-13)15(23)14(27-17)11-26-18(24)12-7-3-1-4-8-12/h1-10,14-17,23H,11H2/t14-,15+,16-,17-/m1/s1. The molecule has 0 aliphatic carbocycles. The third kappa shape index (κ3) is 4.47. The zero-order chi connectivity index (χ0) is 19.9. The lowest BCUT2D eigenvalue weighted by Gasteiger charge is -2.18. The fourth-order valence-electron chi connectivity index (χ4n) is 2.71. The van der Waals surface area contributed by atoms with Gasteiger partial charge in [0, 0.05) is 4.91 Å². The number of hydrogen-bond acceptors (Lipinski definition) is 7. The summed E-state index contributed by atoms with van der Waals surface area (Å²) in [6.45, 7) is -0.300. The second-order valence-electron chi connectivity index (χ2n) is 5.96. The number of carbonyl (C=O) groups is 2. The first kappa shape index (κ1) is 19.4. The summed E-state index contributed by atoms with van der Waals surface area (Å²) in [5.41, 5.74) is 9.32. The Morgan fingerprint density at radius 2 is 1.61 bits per heavy atom. The summed E-state index contributed by atoms with van der Waals surface area (Å²) in [5, 5.41) is 13.9. The summed E-state index contributed by atoms with van der Waals surface area (Å²) in [5.74, 6) is -1.30. The molecule has 9 heteroatoms. The number of nitrogens with zero attached hydrogens (tertiary/aromatic N) is 3. The molecular formula is C19H17N3O6. The van der Waals surface area contributed by atoms with Crippen molar-refractivity contribution in [1.29, 1.82) is 0 Å². The van der Waals surface area contributed by atoms with Gasteiger partial charge in [0.05, 0.1) is 11.1 Å². The van der Waals surface area contributed by atoms with Gasteiger partial charge in [0.15, 0.2) is 12.3 Å². The van der Waals surface area contributed by atoms with Gasteiger partial charge in [-0.05, 0) is 29.8 Å². The van der Waals surface area contributed by atoms with Crippen molar-refractivity contribution in [2.45, 2.75) is 24.5 Å². The van der Waals surface area contributed by atoms with Crippen molar-refractivity contribution in [2.75, 3.05) is 6.61 Å². The summed E-state index contributed by atoms with van der Waals surface area (Å²) in [6.07, 6.45) is -4.83. The van der Waals surface area contributed by atoms with Gasteiger partial charge in [-0.2, -0.15) is 0 Å². The fraction of sp³-hybridized carbons (Fsp3) is 0.263. The van der Waals surface area contributed by atoms with Gasteiger partial charge in [-0.25, -0.2) is 9.59 Å². The molecule has 1 heterocycles. The Labute approximate surface area is 160 Å². The highest BCUT2D eigenvalue weighted by molar-refractivity contribution is 5.89. The molecule has 3 rings (SSSR count). The van der Waals surface area contributed by atoms with Crippen LogP contribution in [0.2, 0.25) is 0 Å². The van der Waals surface area contributed by atoms with E-state index < -0.39 is 36.5 Å². The Balaban J connectivity index is 1.65. The zero-order valence-corrected chi connectivity index (χ0v) is 14.6. The van der Waals surface area contributed by atoms with E-state index >= 15 is 0 Å². The van der Waals surface area contributed by atoms with E-state index in [-0.39, 0.29) is 12.2 Å². The highest BCUT2D eigenvalue weighted by Crippen LogP contribution is 2.26. The molecule has 2 aromatic carbocycles. The largest absolute Gasteiger partial charge is 0.459 e. The molecule has 0 unspecified atom stereocenters. The lowest BCUT2D eigenvalue weighted by atomic mass is 10.1. The number of esters is 2. The van der Waals surface area contributed by atoms with Crippen LogP contribution < -0.4 is 0 Å². The van der Waals surface area contributed by atoms with Crippen LogP contribution in [-0.2, 0) is 14.2 Å². The first-order valence-electron chi connectivity index (χ1n) is 8.46. The van der Waals surface area contributed by atoms with Crippen molar-refractivity contribution in [1.82, 2.24) is 0 Å². The maximum atomic E-state index is 12.2. The number of benzene rings is 2. The van der Waals surface area contributed by atoms with E-state index in [0.29, 0.717) is 5.56 Å². The van der Waals surface area contributed by atoms with Crippen LogP contribution in [0.4, 0.5) is 0 Å². The molecule has 0 amide bonds. The van der Waals surface area contributed by atoms with Gasteiger partial charge in [-0.3, -0.25) is 0 Å². The molecule has 1 N–H and O–H groups in total. The summed E-state index contributed by atoms with van der Waals surface area (Å²) in [4.78, 5) is 26.9. The van der Waals surface area contributed by atoms with Crippen LogP contribution in [0.3, 0.4) is 0 Å². The van der Waals surface area contributed by atoms with Crippen LogP contribution >= 0.6 is 0 Å². The zero-order valence-electron chi connectivity index (χ0n) is 14.6. The number of carbonyl (C=O) groups excluding carboxylic acids is 2. The van der Waals surface area contributed by atoms with E-state index in [2.05, 4.69) is 10.0 Å². The van der Waals surface area contributed by atoms with Crippen LogP contribution in [0.5, 0.6) is 0 Å². The molecule has 1 aliphatic heterocycles. The number of rotatable bonds is 6. The van der Waals surface area contributed by atoms with E-state index in [1.54, 1.807) is 60.7 Å². The molecule has 0 spiro atoms. The maximum absolute atomic E-state index is 12.2. The van der Waals surface area contributed by atoms with Crippen molar-refractivity contribution < 1.29 is 28.9 Å². The smallest absolute Gasteiger partial charge is 0.338 e. The lowest BCUT2D eigenvalue weighted by Crippen LogP contribution is -2.38. The average Bonchev–Trinajstić information content (AvgIpc) is 3.02. The van der Waals surface area contributed by atoms with Crippen molar-refractivity contribution in [3.05, 3.63) is 82.2 Å². The highest BCUT2D eigenvalue weighted by atomic mass is 16.6. The second-order valence-corrected chi connectivity index (χ2v) is 5.96. The van der Waals surface area contributed by atoms with Gasteiger partial charge < -0.3 is 19.3 Å². The molecule has 1 fully saturated rings. The molecule has 0 saturated carbocycles. The van der Waals surface area contributed by atoms with E-state index in [9.17, 15) is 14.7 Å². The number of ether oxygens (including phenoxy) is 3. The predicted octanol–water partition coefficient (Wildman–Crippen LogP) is 2.47. The molecule has 1 saturated heterocycles. The molecule has 0 aromatic heterocycles. The van der Waals surface area contributed by atoms with E-state index in [4.69, 9.17) is 19.7 Å². The third-order valence-electron chi connectivity index (χ3n) is 4.12. The minimum atomic E-state index is -1.34. The number of aliphatic hydroxyl groups excluding tert-OH is 1. The Kier molecular flexibility index (Phi) is 6.23. The van der Waals surface area contributed by atoms with E-state index in [1.165, 1.54) is 0 Å². The molecule has 4 atom stereocenters. The molecule has 28 heavy (non-hydrogen) atoms. The van der Waals surface area contributed by atoms with Crippen LogP contribution in [-0.4, -0.2) is 48.2 Å². The minimum absolute atomic E-state index is 0.272. The molecule has 0 bridgehead atoms. The van der Waals surface area contributed by atoms with E-state index in [1.807, 2.05) is 0 Å². The van der Waals surface area contributed by atoms with Gasteiger partial charge in [0.2, 0.25) is 0 Å². The first-order chi connectivity index (χ1) is 13.6. The summed E-state index contributed by atoms with van der Waals surface area (Å²) in [7, 11) is 0. The Hall–Kier alpha value is -3.39. The Bertz CT molecular complexity index is 870. The van der Waals surface area contributed by atoms with Crippen molar-refractivity contribution >= 4 is 11.9 Å². The maximum Gasteiger partial charge on any atom is 0.338 e. The SMILES string of the molecule is [N-]=[N+]=N[C@@H]1O[C@H](COC(=O)c2ccccc2)[C@H](O)[C@H]1OC(=O)c1ccccc1. The molecule has 144 valence electrons. The van der Waals surface area contributed by atoms with Crippen LogP contribution in [0, 0.1) is 0 Å². The van der Waals surface area contributed by atoms with Crippen LogP contribution in [0.25, 0.3) is 10.4 Å². The topological polar surface area (TPSA) is 131 Å². The predicted molar refractivity (Wildman–Crippen MR) is 96.2 cm³/mol. The fourth-order valence-corrected chi connectivity index (χ4v) is 2.71. The van der Waals surface area contributed by atoms with Crippen LogP contribution in [0.1, 0.15) is 20.7 Å². The van der Waals surface area contributed by atoms with Gasteiger partial charge in [-0.15, -0.1) is 0 Å². The molecule has 2 aromatic rings. The van der Waals surface area contributed by atoms with Crippen molar-refractivity contribution in [3.63, 3.8) is 0 Å². The minimum Gasteiger partial charge on any atom is -0.459 e.